The number of aromatic nitrogens is 1. The maximum Gasteiger partial charge on any atom is 0.251 e. The van der Waals surface area contributed by atoms with Gasteiger partial charge in [-0.15, -0.1) is 0 Å². The van der Waals surface area contributed by atoms with E-state index in [2.05, 4.69) is 41.3 Å². The van der Waals surface area contributed by atoms with Gasteiger partial charge >= 0.3 is 0 Å². The minimum atomic E-state index is -0.252. The van der Waals surface area contributed by atoms with Gasteiger partial charge in [-0.25, -0.2) is 4.98 Å². The van der Waals surface area contributed by atoms with Gasteiger partial charge in [-0.1, -0.05) is 39.0 Å². The molecule has 1 aliphatic rings. The van der Waals surface area contributed by atoms with Crippen LogP contribution in [0.15, 0.2) is 42.6 Å². The van der Waals surface area contributed by atoms with Crippen LogP contribution in [0.1, 0.15) is 61.5 Å². The van der Waals surface area contributed by atoms with Crippen LogP contribution in [-0.2, 0) is 16.8 Å². The van der Waals surface area contributed by atoms with Gasteiger partial charge in [-0.2, -0.15) is 0 Å². The van der Waals surface area contributed by atoms with Gasteiger partial charge in [0.15, 0.2) is 0 Å². The summed E-state index contributed by atoms with van der Waals surface area (Å²) >= 11 is 0. The highest BCUT2D eigenvalue weighted by molar-refractivity contribution is 5.96. The number of hydrogen-bond donors (Lipinski definition) is 2. The van der Waals surface area contributed by atoms with E-state index in [9.17, 15) is 9.59 Å². The van der Waals surface area contributed by atoms with Gasteiger partial charge in [-0.05, 0) is 54.0 Å². The van der Waals surface area contributed by atoms with Crippen LogP contribution in [0.4, 0.5) is 5.82 Å². The molecule has 30 heavy (non-hydrogen) atoms. The highest BCUT2D eigenvalue weighted by Crippen LogP contribution is 2.22. The molecule has 2 N–H and O–H groups in total. The van der Waals surface area contributed by atoms with Gasteiger partial charge in [0, 0.05) is 31.4 Å². The van der Waals surface area contributed by atoms with Crippen molar-refractivity contribution in [1.82, 2.24) is 15.6 Å². The number of rotatable bonds is 6. The Morgan fingerprint density at radius 2 is 1.67 bits per heavy atom. The summed E-state index contributed by atoms with van der Waals surface area (Å²) in [4.78, 5) is 31.2. The second-order valence-electron chi connectivity index (χ2n) is 8.86. The zero-order chi connectivity index (χ0) is 21.6. The van der Waals surface area contributed by atoms with E-state index in [0.717, 1.165) is 30.0 Å². The molecule has 1 aliphatic heterocycles. The maximum absolute atomic E-state index is 12.3. The molecule has 6 nitrogen and oxygen atoms in total. The molecule has 2 aromatic rings. The SMILES string of the molecule is CC(C)(C)c1ccc(C(=O)NCC(=O)NCc2ccc(N3CCCCC3)nc2)cc1. The number of anilines is 1. The minimum absolute atomic E-state index is 0.0374. The average Bonchev–Trinajstić information content (AvgIpc) is 2.76. The molecule has 0 atom stereocenters. The van der Waals surface area contributed by atoms with Gasteiger partial charge < -0.3 is 15.5 Å². The Hall–Kier alpha value is -2.89. The van der Waals surface area contributed by atoms with Crippen molar-refractivity contribution in [3.05, 3.63) is 59.3 Å². The van der Waals surface area contributed by atoms with E-state index >= 15 is 0 Å². The number of piperidine rings is 1. The molecule has 0 aliphatic carbocycles. The number of benzene rings is 1. The van der Waals surface area contributed by atoms with Crippen molar-refractivity contribution >= 4 is 17.6 Å². The van der Waals surface area contributed by atoms with Crippen LogP contribution in [0.2, 0.25) is 0 Å². The van der Waals surface area contributed by atoms with Crippen LogP contribution in [0.5, 0.6) is 0 Å². The van der Waals surface area contributed by atoms with Crippen molar-refractivity contribution in [3.63, 3.8) is 0 Å². The monoisotopic (exact) mass is 408 g/mol. The first kappa shape index (κ1) is 21.8. The van der Waals surface area contributed by atoms with Crippen molar-refractivity contribution in [2.24, 2.45) is 0 Å². The molecule has 2 amide bonds. The molecular formula is C24H32N4O2. The Morgan fingerprint density at radius 3 is 2.27 bits per heavy atom. The summed E-state index contributed by atoms with van der Waals surface area (Å²) in [7, 11) is 0. The number of amides is 2. The fourth-order valence-corrected chi connectivity index (χ4v) is 3.48. The van der Waals surface area contributed by atoms with Crippen LogP contribution >= 0.6 is 0 Å². The topological polar surface area (TPSA) is 74.3 Å². The number of hydrogen-bond acceptors (Lipinski definition) is 4. The highest BCUT2D eigenvalue weighted by atomic mass is 16.2. The van der Waals surface area contributed by atoms with Gasteiger partial charge in [0.1, 0.15) is 5.82 Å². The Labute approximate surface area is 179 Å². The lowest BCUT2D eigenvalue weighted by Crippen LogP contribution is -2.36. The molecule has 2 heterocycles. The number of carbonyl (C=O) groups excluding carboxylic acids is 2. The predicted octanol–water partition coefficient (Wildman–Crippen LogP) is 3.42. The quantitative estimate of drug-likeness (QED) is 0.768. The van der Waals surface area contributed by atoms with Crippen LogP contribution in [0, 0.1) is 0 Å². The summed E-state index contributed by atoms with van der Waals surface area (Å²) in [6, 6.07) is 11.5. The van der Waals surface area contributed by atoms with Gasteiger partial charge in [0.05, 0.1) is 6.54 Å². The van der Waals surface area contributed by atoms with E-state index in [1.807, 2.05) is 24.3 Å². The third-order valence-electron chi connectivity index (χ3n) is 5.40. The second-order valence-corrected chi connectivity index (χ2v) is 8.86. The maximum atomic E-state index is 12.3. The number of nitrogens with one attached hydrogen (secondary N) is 2. The molecule has 0 saturated carbocycles. The molecular weight excluding hydrogens is 376 g/mol. The highest BCUT2D eigenvalue weighted by Gasteiger charge is 2.15. The minimum Gasteiger partial charge on any atom is -0.357 e. The van der Waals surface area contributed by atoms with Crippen molar-refractivity contribution in [1.29, 1.82) is 0 Å². The molecule has 0 unspecified atom stereocenters. The molecule has 1 saturated heterocycles. The molecule has 6 heteroatoms. The first-order valence-corrected chi connectivity index (χ1v) is 10.7. The van der Waals surface area contributed by atoms with Gasteiger partial charge in [-0.3, -0.25) is 9.59 Å². The summed E-state index contributed by atoms with van der Waals surface area (Å²) in [5.41, 5.74) is 2.69. The summed E-state index contributed by atoms with van der Waals surface area (Å²) in [5, 5.41) is 5.50. The van der Waals surface area contributed by atoms with Gasteiger partial charge in [0.25, 0.3) is 5.91 Å². The van der Waals surface area contributed by atoms with Crippen LogP contribution < -0.4 is 15.5 Å². The van der Waals surface area contributed by atoms with Crippen molar-refractivity contribution < 1.29 is 9.59 Å². The zero-order valence-corrected chi connectivity index (χ0v) is 18.2. The number of pyridine rings is 1. The Kier molecular flexibility index (Phi) is 7.08. The van der Waals surface area contributed by atoms with E-state index in [0.29, 0.717) is 12.1 Å². The van der Waals surface area contributed by atoms with E-state index < -0.39 is 0 Å². The van der Waals surface area contributed by atoms with E-state index in [1.165, 1.54) is 19.3 Å². The zero-order valence-electron chi connectivity index (χ0n) is 18.2. The summed E-state index contributed by atoms with van der Waals surface area (Å²) in [5.74, 6) is 0.516. The third-order valence-corrected chi connectivity index (χ3v) is 5.40. The van der Waals surface area contributed by atoms with Crippen molar-refractivity contribution in [2.45, 2.75) is 52.0 Å². The van der Waals surface area contributed by atoms with Gasteiger partial charge in [0.2, 0.25) is 5.91 Å². The molecule has 0 radical (unpaired) electrons. The summed E-state index contributed by atoms with van der Waals surface area (Å²) in [6.45, 7) is 8.83. The molecule has 1 aromatic carbocycles. The lowest BCUT2D eigenvalue weighted by molar-refractivity contribution is -0.120. The molecule has 0 bridgehead atoms. The van der Waals surface area contributed by atoms with Crippen molar-refractivity contribution in [3.8, 4) is 0 Å². The summed E-state index contributed by atoms with van der Waals surface area (Å²) < 4.78 is 0. The van der Waals surface area contributed by atoms with Crippen LogP contribution in [-0.4, -0.2) is 36.4 Å². The lowest BCUT2D eigenvalue weighted by atomic mass is 9.87. The molecule has 3 rings (SSSR count). The molecule has 1 fully saturated rings. The fourth-order valence-electron chi connectivity index (χ4n) is 3.48. The first-order chi connectivity index (χ1) is 14.3. The average molecular weight is 409 g/mol. The first-order valence-electron chi connectivity index (χ1n) is 10.7. The summed E-state index contributed by atoms with van der Waals surface area (Å²) in [6.07, 6.45) is 5.52. The standard InChI is InChI=1S/C24H32N4O2/c1-24(2,3)20-10-8-19(9-11-20)23(30)27-17-22(29)26-16-18-7-12-21(25-15-18)28-13-5-4-6-14-28/h7-12,15H,4-6,13-14,16-17H2,1-3H3,(H,26,29)(H,27,30). The van der Waals surface area contributed by atoms with Crippen LogP contribution in [0.25, 0.3) is 0 Å². The lowest BCUT2D eigenvalue weighted by Gasteiger charge is -2.27. The molecule has 0 spiro atoms. The smallest absolute Gasteiger partial charge is 0.251 e. The number of nitrogens with zero attached hydrogens (tertiary/aromatic N) is 2. The second kappa shape index (κ2) is 9.74. The Bertz CT molecular complexity index is 848. The number of carbonyl (C=O) groups is 2. The third kappa shape index (κ3) is 6.05. The van der Waals surface area contributed by atoms with Crippen LogP contribution in [0.3, 0.4) is 0 Å². The fraction of sp³-hybridized carbons (Fsp3) is 0.458. The van der Waals surface area contributed by atoms with Crippen molar-refractivity contribution in [2.75, 3.05) is 24.5 Å². The molecule has 160 valence electrons. The Balaban J connectivity index is 1.42. The van der Waals surface area contributed by atoms with E-state index in [-0.39, 0.29) is 23.8 Å². The van der Waals surface area contributed by atoms with E-state index in [1.54, 1.807) is 18.3 Å². The van der Waals surface area contributed by atoms with E-state index in [4.69, 9.17) is 0 Å². The largest absolute Gasteiger partial charge is 0.357 e. The molecule has 1 aromatic heterocycles. The normalized spacial score (nSPS) is 14.3. The Morgan fingerprint density at radius 1 is 0.967 bits per heavy atom. The predicted molar refractivity (Wildman–Crippen MR) is 120 cm³/mol.